The first kappa shape index (κ1) is 12.8. The molecule has 0 aromatic heterocycles. The van der Waals surface area contributed by atoms with Gasteiger partial charge in [-0.15, -0.1) is 0 Å². The van der Waals surface area contributed by atoms with Crippen LogP contribution in [0.25, 0.3) is 0 Å². The smallest absolute Gasteiger partial charge is 0.239 e. The highest BCUT2D eigenvalue weighted by Crippen LogP contribution is 2.21. The molecule has 1 N–H and O–H groups in total. The molecule has 0 spiro atoms. The predicted molar refractivity (Wildman–Crippen MR) is 68.9 cm³/mol. The van der Waals surface area contributed by atoms with Crippen molar-refractivity contribution < 1.29 is 4.79 Å². The summed E-state index contributed by atoms with van der Waals surface area (Å²) < 4.78 is 0. The van der Waals surface area contributed by atoms with Crippen LogP contribution in [0.2, 0.25) is 0 Å². The summed E-state index contributed by atoms with van der Waals surface area (Å²) in [6, 6.07) is 0.706. The van der Waals surface area contributed by atoms with Gasteiger partial charge in [-0.3, -0.25) is 4.79 Å². The van der Waals surface area contributed by atoms with Crippen molar-refractivity contribution in [3.05, 3.63) is 0 Å². The zero-order valence-electron chi connectivity index (χ0n) is 11.3. The molecule has 0 aromatic carbocycles. The lowest BCUT2D eigenvalue weighted by Gasteiger charge is -2.23. The lowest BCUT2D eigenvalue weighted by Crippen LogP contribution is -2.39. The van der Waals surface area contributed by atoms with Crippen LogP contribution in [0.1, 0.15) is 26.7 Å². The number of carbonyl (C=O) groups is 1. The van der Waals surface area contributed by atoms with Crippen molar-refractivity contribution >= 4 is 5.91 Å². The SMILES string of the molecule is CNC1CCN(CC2CCN(C(C)C)C2)C1=O. The molecule has 2 atom stereocenters. The first-order chi connectivity index (χ1) is 8.11. The molecular formula is C13H25N3O. The summed E-state index contributed by atoms with van der Waals surface area (Å²) in [4.78, 5) is 16.6. The Kier molecular flexibility index (Phi) is 4.05. The number of hydrogen-bond donors (Lipinski definition) is 1. The Bertz CT molecular complexity index is 280. The highest BCUT2D eigenvalue weighted by molar-refractivity contribution is 5.83. The van der Waals surface area contributed by atoms with Crippen LogP contribution >= 0.6 is 0 Å². The standard InChI is InChI=1S/C13H25N3O/c1-10(2)15-6-4-11(8-15)9-16-7-5-12(14-3)13(16)17/h10-12,14H,4-9H2,1-3H3. The van der Waals surface area contributed by atoms with E-state index in [9.17, 15) is 4.79 Å². The molecule has 17 heavy (non-hydrogen) atoms. The van der Waals surface area contributed by atoms with Crippen molar-refractivity contribution in [3.63, 3.8) is 0 Å². The summed E-state index contributed by atoms with van der Waals surface area (Å²) in [5, 5.41) is 3.09. The van der Waals surface area contributed by atoms with Crippen LogP contribution in [-0.2, 0) is 4.79 Å². The van der Waals surface area contributed by atoms with E-state index in [1.54, 1.807) is 0 Å². The van der Waals surface area contributed by atoms with Crippen molar-refractivity contribution in [3.8, 4) is 0 Å². The van der Waals surface area contributed by atoms with Gasteiger partial charge in [-0.25, -0.2) is 0 Å². The number of likely N-dealkylation sites (N-methyl/N-ethyl adjacent to an activating group) is 1. The lowest BCUT2D eigenvalue weighted by molar-refractivity contribution is -0.129. The van der Waals surface area contributed by atoms with Crippen molar-refractivity contribution in [2.45, 2.75) is 38.8 Å². The molecule has 0 aromatic rings. The molecule has 98 valence electrons. The summed E-state index contributed by atoms with van der Waals surface area (Å²) in [6.45, 7) is 8.75. The van der Waals surface area contributed by atoms with Gasteiger partial charge in [0.05, 0.1) is 6.04 Å². The fourth-order valence-corrected chi connectivity index (χ4v) is 2.98. The van der Waals surface area contributed by atoms with E-state index in [0.29, 0.717) is 17.9 Å². The first-order valence-corrected chi connectivity index (χ1v) is 6.82. The van der Waals surface area contributed by atoms with Crippen molar-refractivity contribution in [2.24, 2.45) is 5.92 Å². The van der Waals surface area contributed by atoms with E-state index < -0.39 is 0 Å². The van der Waals surface area contributed by atoms with Gasteiger partial charge in [0, 0.05) is 25.7 Å². The number of likely N-dealkylation sites (tertiary alicyclic amines) is 2. The second-order valence-corrected chi connectivity index (χ2v) is 5.66. The Morgan fingerprint density at radius 1 is 1.35 bits per heavy atom. The third-order valence-electron chi connectivity index (χ3n) is 4.17. The van der Waals surface area contributed by atoms with Crippen LogP contribution in [0.3, 0.4) is 0 Å². The summed E-state index contributed by atoms with van der Waals surface area (Å²) in [5.74, 6) is 0.979. The average molecular weight is 239 g/mol. The van der Waals surface area contributed by atoms with Crippen molar-refractivity contribution in [1.82, 2.24) is 15.1 Å². The third-order valence-corrected chi connectivity index (χ3v) is 4.17. The van der Waals surface area contributed by atoms with E-state index in [-0.39, 0.29) is 6.04 Å². The van der Waals surface area contributed by atoms with Gasteiger partial charge in [0.1, 0.15) is 0 Å². The molecule has 0 aliphatic carbocycles. The van der Waals surface area contributed by atoms with Crippen LogP contribution in [0.4, 0.5) is 0 Å². The highest BCUT2D eigenvalue weighted by Gasteiger charge is 2.33. The summed E-state index contributed by atoms with van der Waals surface area (Å²) >= 11 is 0. The molecular weight excluding hydrogens is 214 g/mol. The first-order valence-electron chi connectivity index (χ1n) is 6.82. The van der Waals surface area contributed by atoms with Gasteiger partial charge in [0.15, 0.2) is 0 Å². The highest BCUT2D eigenvalue weighted by atomic mass is 16.2. The Balaban J connectivity index is 1.81. The van der Waals surface area contributed by atoms with E-state index in [1.165, 1.54) is 13.0 Å². The number of hydrogen-bond acceptors (Lipinski definition) is 3. The summed E-state index contributed by atoms with van der Waals surface area (Å²) in [5.41, 5.74) is 0. The van der Waals surface area contributed by atoms with Gasteiger partial charge >= 0.3 is 0 Å². The number of amides is 1. The second kappa shape index (κ2) is 5.36. The van der Waals surface area contributed by atoms with Gasteiger partial charge in [-0.1, -0.05) is 0 Å². The maximum Gasteiger partial charge on any atom is 0.239 e. The van der Waals surface area contributed by atoms with Crippen LogP contribution in [0.5, 0.6) is 0 Å². The Morgan fingerprint density at radius 3 is 2.65 bits per heavy atom. The Morgan fingerprint density at radius 2 is 2.12 bits per heavy atom. The summed E-state index contributed by atoms with van der Waals surface area (Å²) in [6.07, 6.45) is 2.21. The molecule has 2 rings (SSSR count). The predicted octanol–water partition coefficient (Wildman–Crippen LogP) is 0.537. The molecule has 2 saturated heterocycles. The topological polar surface area (TPSA) is 35.6 Å². The summed E-state index contributed by atoms with van der Waals surface area (Å²) in [7, 11) is 1.88. The average Bonchev–Trinajstić information content (AvgIpc) is 2.88. The Hall–Kier alpha value is -0.610. The van der Waals surface area contributed by atoms with E-state index in [0.717, 1.165) is 26.1 Å². The molecule has 2 aliphatic heterocycles. The number of nitrogens with zero attached hydrogens (tertiary/aromatic N) is 2. The maximum atomic E-state index is 12.0. The van der Waals surface area contributed by atoms with Gasteiger partial charge in [-0.05, 0) is 46.2 Å². The second-order valence-electron chi connectivity index (χ2n) is 5.66. The lowest BCUT2D eigenvalue weighted by atomic mass is 10.1. The Labute approximate surface area is 104 Å². The minimum atomic E-state index is 0.0672. The molecule has 2 fully saturated rings. The van der Waals surface area contributed by atoms with Gasteiger partial charge in [-0.2, -0.15) is 0 Å². The van der Waals surface area contributed by atoms with Crippen molar-refractivity contribution in [1.29, 1.82) is 0 Å². The monoisotopic (exact) mass is 239 g/mol. The van der Waals surface area contributed by atoms with Crippen LogP contribution < -0.4 is 5.32 Å². The molecule has 0 bridgehead atoms. The number of carbonyl (C=O) groups excluding carboxylic acids is 1. The quantitative estimate of drug-likeness (QED) is 0.777. The van der Waals surface area contributed by atoms with E-state index in [4.69, 9.17) is 0 Å². The molecule has 0 saturated carbocycles. The van der Waals surface area contributed by atoms with Crippen LogP contribution in [0.15, 0.2) is 0 Å². The molecule has 0 radical (unpaired) electrons. The minimum Gasteiger partial charge on any atom is -0.341 e. The van der Waals surface area contributed by atoms with E-state index in [1.807, 2.05) is 7.05 Å². The fraction of sp³-hybridized carbons (Fsp3) is 0.923. The fourth-order valence-electron chi connectivity index (χ4n) is 2.98. The van der Waals surface area contributed by atoms with E-state index in [2.05, 4.69) is 29.0 Å². The molecule has 2 aliphatic rings. The molecule has 4 nitrogen and oxygen atoms in total. The third kappa shape index (κ3) is 2.80. The van der Waals surface area contributed by atoms with Gasteiger partial charge < -0.3 is 15.1 Å². The zero-order chi connectivity index (χ0) is 12.4. The van der Waals surface area contributed by atoms with Gasteiger partial charge in [0.25, 0.3) is 0 Å². The van der Waals surface area contributed by atoms with Crippen LogP contribution in [0, 0.1) is 5.92 Å². The van der Waals surface area contributed by atoms with E-state index >= 15 is 0 Å². The van der Waals surface area contributed by atoms with Crippen LogP contribution in [-0.4, -0.2) is 61.0 Å². The zero-order valence-corrected chi connectivity index (χ0v) is 11.3. The molecule has 1 amide bonds. The van der Waals surface area contributed by atoms with Gasteiger partial charge in [0.2, 0.25) is 5.91 Å². The molecule has 2 heterocycles. The molecule has 4 heteroatoms. The molecule has 2 unspecified atom stereocenters. The largest absolute Gasteiger partial charge is 0.341 e. The normalized spacial score (nSPS) is 30.8. The maximum absolute atomic E-state index is 12.0. The minimum absolute atomic E-state index is 0.0672. The number of rotatable bonds is 4. The number of nitrogens with one attached hydrogen (secondary N) is 1. The van der Waals surface area contributed by atoms with Crippen molar-refractivity contribution in [2.75, 3.05) is 33.2 Å².